The molecule has 0 spiro atoms. The summed E-state index contributed by atoms with van der Waals surface area (Å²) in [6.07, 6.45) is 8.18. The summed E-state index contributed by atoms with van der Waals surface area (Å²) in [4.78, 5) is 12.9. The van der Waals surface area contributed by atoms with Gasteiger partial charge >= 0.3 is 0 Å². The molecule has 1 saturated carbocycles. The van der Waals surface area contributed by atoms with Crippen LogP contribution in [0.1, 0.15) is 30.4 Å². The molecule has 16 heavy (non-hydrogen) atoms. The van der Waals surface area contributed by atoms with Crippen LogP contribution in [0.5, 0.6) is 0 Å². The topological polar surface area (TPSA) is 43.6 Å². The summed E-state index contributed by atoms with van der Waals surface area (Å²) >= 11 is 0. The van der Waals surface area contributed by atoms with E-state index in [4.69, 9.17) is 0 Å². The third-order valence-electron chi connectivity index (χ3n) is 3.04. The van der Waals surface area contributed by atoms with Crippen molar-refractivity contribution in [1.82, 2.24) is 19.5 Å². The van der Waals surface area contributed by atoms with Crippen molar-refractivity contribution in [2.45, 2.75) is 25.7 Å². The van der Waals surface area contributed by atoms with E-state index < -0.39 is 0 Å². The second kappa shape index (κ2) is 3.40. The molecule has 0 saturated heterocycles. The molecule has 0 atom stereocenters. The number of imidazole rings is 1. The quantitative estimate of drug-likeness (QED) is 0.768. The molecule has 0 aliphatic heterocycles. The summed E-state index contributed by atoms with van der Waals surface area (Å²) < 4.78 is 2.16. The van der Waals surface area contributed by atoms with E-state index >= 15 is 0 Å². The van der Waals surface area contributed by atoms with Gasteiger partial charge in [-0.2, -0.15) is 0 Å². The zero-order chi connectivity index (χ0) is 11.1. The highest BCUT2D eigenvalue weighted by Gasteiger charge is 2.28. The van der Waals surface area contributed by atoms with Crippen molar-refractivity contribution in [3.8, 4) is 11.3 Å². The standard InChI is InChI=1S/C12H14N4/c1-8-13-5-10(6-14-8)11-7-15-12(16(11)2)9-3-4-9/h5-7,9H,3-4H2,1-2H3. The number of nitrogens with zero attached hydrogens (tertiary/aromatic N) is 4. The fourth-order valence-corrected chi connectivity index (χ4v) is 1.94. The van der Waals surface area contributed by atoms with Crippen LogP contribution < -0.4 is 0 Å². The van der Waals surface area contributed by atoms with E-state index in [0.29, 0.717) is 5.92 Å². The van der Waals surface area contributed by atoms with E-state index in [1.165, 1.54) is 18.7 Å². The third-order valence-corrected chi connectivity index (χ3v) is 3.04. The van der Waals surface area contributed by atoms with Crippen molar-refractivity contribution >= 4 is 0 Å². The van der Waals surface area contributed by atoms with E-state index in [9.17, 15) is 0 Å². The van der Waals surface area contributed by atoms with Crippen molar-refractivity contribution in [1.29, 1.82) is 0 Å². The van der Waals surface area contributed by atoms with Crippen molar-refractivity contribution in [3.05, 3.63) is 30.2 Å². The predicted molar refractivity (Wildman–Crippen MR) is 60.9 cm³/mol. The largest absolute Gasteiger partial charge is 0.331 e. The van der Waals surface area contributed by atoms with Gasteiger partial charge in [-0.05, 0) is 19.8 Å². The molecule has 2 heterocycles. The molecule has 1 aliphatic carbocycles. The smallest absolute Gasteiger partial charge is 0.125 e. The van der Waals surface area contributed by atoms with Crippen LogP contribution in [0.15, 0.2) is 18.6 Å². The summed E-state index contributed by atoms with van der Waals surface area (Å²) in [6, 6.07) is 0. The lowest BCUT2D eigenvalue weighted by Gasteiger charge is -2.04. The Balaban J connectivity index is 2.02. The average Bonchev–Trinajstić information content (AvgIpc) is 3.05. The van der Waals surface area contributed by atoms with E-state index in [1.54, 1.807) is 0 Å². The van der Waals surface area contributed by atoms with Gasteiger partial charge in [0.25, 0.3) is 0 Å². The Kier molecular flexibility index (Phi) is 2.02. The van der Waals surface area contributed by atoms with Crippen LogP contribution in [0, 0.1) is 6.92 Å². The lowest BCUT2D eigenvalue weighted by molar-refractivity contribution is 0.804. The molecule has 0 N–H and O–H groups in total. The minimum atomic E-state index is 0.671. The van der Waals surface area contributed by atoms with Gasteiger partial charge in [-0.3, -0.25) is 0 Å². The Bertz CT molecular complexity index is 508. The number of hydrogen-bond acceptors (Lipinski definition) is 3. The van der Waals surface area contributed by atoms with Gasteiger partial charge in [0.05, 0.1) is 11.9 Å². The molecule has 4 nitrogen and oxygen atoms in total. The lowest BCUT2D eigenvalue weighted by atomic mass is 10.2. The third kappa shape index (κ3) is 1.50. The highest BCUT2D eigenvalue weighted by atomic mass is 15.1. The molecule has 4 heteroatoms. The number of aromatic nitrogens is 4. The lowest BCUT2D eigenvalue weighted by Crippen LogP contribution is -1.98. The maximum atomic E-state index is 4.48. The first-order valence-corrected chi connectivity index (χ1v) is 5.56. The molecular formula is C12H14N4. The molecule has 1 fully saturated rings. The fourth-order valence-electron chi connectivity index (χ4n) is 1.94. The minimum absolute atomic E-state index is 0.671. The predicted octanol–water partition coefficient (Wildman–Crippen LogP) is 2.06. The second-order valence-electron chi connectivity index (χ2n) is 4.35. The molecule has 0 radical (unpaired) electrons. The van der Waals surface area contributed by atoms with E-state index in [0.717, 1.165) is 17.1 Å². The monoisotopic (exact) mass is 214 g/mol. The van der Waals surface area contributed by atoms with E-state index in [1.807, 2.05) is 25.5 Å². The van der Waals surface area contributed by atoms with Crippen LogP contribution in [-0.4, -0.2) is 19.5 Å². The Morgan fingerprint density at radius 3 is 2.44 bits per heavy atom. The summed E-state index contributed by atoms with van der Waals surface area (Å²) in [5.74, 6) is 2.66. The summed E-state index contributed by atoms with van der Waals surface area (Å²) in [5, 5.41) is 0. The molecule has 2 aromatic heterocycles. The molecule has 0 aromatic carbocycles. The van der Waals surface area contributed by atoms with Gasteiger partial charge in [0.15, 0.2) is 0 Å². The first kappa shape index (κ1) is 9.51. The molecule has 3 rings (SSSR count). The number of rotatable bonds is 2. The van der Waals surface area contributed by atoms with Crippen LogP contribution in [-0.2, 0) is 7.05 Å². The molecule has 2 aromatic rings. The van der Waals surface area contributed by atoms with Gasteiger partial charge in [0, 0.05) is 30.9 Å². The maximum absolute atomic E-state index is 4.48. The Morgan fingerprint density at radius 1 is 1.12 bits per heavy atom. The van der Waals surface area contributed by atoms with Crippen LogP contribution in [0.4, 0.5) is 0 Å². The molecule has 0 amide bonds. The molecule has 82 valence electrons. The second-order valence-corrected chi connectivity index (χ2v) is 4.35. The van der Waals surface area contributed by atoms with Crippen molar-refractivity contribution in [3.63, 3.8) is 0 Å². The first-order chi connectivity index (χ1) is 7.75. The van der Waals surface area contributed by atoms with Crippen molar-refractivity contribution in [2.24, 2.45) is 7.05 Å². The molecule has 0 bridgehead atoms. The van der Waals surface area contributed by atoms with Gasteiger partial charge in [-0.25, -0.2) is 15.0 Å². The van der Waals surface area contributed by atoms with Crippen molar-refractivity contribution < 1.29 is 0 Å². The van der Waals surface area contributed by atoms with Gasteiger partial charge in [-0.15, -0.1) is 0 Å². The van der Waals surface area contributed by atoms with Gasteiger partial charge in [0.2, 0.25) is 0 Å². The Labute approximate surface area is 94.4 Å². The number of aryl methyl sites for hydroxylation is 1. The first-order valence-electron chi connectivity index (χ1n) is 5.56. The molecular weight excluding hydrogens is 200 g/mol. The van der Waals surface area contributed by atoms with Crippen LogP contribution in [0.25, 0.3) is 11.3 Å². The number of hydrogen-bond donors (Lipinski definition) is 0. The fraction of sp³-hybridized carbons (Fsp3) is 0.417. The summed E-state index contributed by atoms with van der Waals surface area (Å²) in [5.41, 5.74) is 2.13. The van der Waals surface area contributed by atoms with Crippen LogP contribution in [0.3, 0.4) is 0 Å². The molecule has 1 aliphatic rings. The average molecular weight is 214 g/mol. The van der Waals surface area contributed by atoms with Gasteiger partial charge in [-0.1, -0.05) is 0 Å². The highest BCUT2D eigenvalue weighted by Crippen LogP contribution is 2.40. The highest BCUT2D eigenvalue weighted by molar-refractivity contribution is 5.57. The molecule has 0 unspecified atom stereocenters. The van der Waals surface area contributed by atoms with Crippen LogP contribution >= 0.6 is 0 Å². The zero-order valence-electron chi connectivity index (χ0n) is 9.51. The summed E-state index contributed by atoms with van der Waals surface area (Å²) in [7, 11) is 2.07. The van der Waals surface area contributed by atoms with Gasteiger partial charge < -0.3 is 4.57 Å². The van der Waals surface area contributed by atoms with Crippen LogP contribution in [0.2, 0.25) is 0 Å². The van der Waals surface area contributed by atoms with E-state index in [-0.39, 0.29) is 0 Å². The zero-order valence-corrected chi connectivity index (χ0v) is 9.51. The Morgan fingerprint density at radius 2 is 1.81 bits per heavy atom. The summed E-state index contributed by atoms with van der Waals surface area (Å²) in [6.45, 7) is 1.89. The van der Waals surface area contributed by atoms with E-state index in [2.05, 4.69) is 26.6 Å². The minimum Gasteiger partial charge on any atom is -0.331 e. The van der Waals surface area contributed by atoms with Gasteiger partial charge in [0.1, 0.15) is 11.6 Å². The maximum Gasteiger partial charge on any atom is 0.125 e. The van der Waals surface area contributed by atoms with Crippen molar-refractivity contribution in [2.75, 3.05) is 0 Å². The Hall–Kier alpha value is -1.71. The SMILES string of the molecule is Cc1ncc(-c2cnc(C3CC3)n2C)cn1. The normalized spacial score (nSPS) is 15.4.